The molecule has 1 heterocycles. The zero-order chi connectivity index (χ0) is 32.8. The van der Waals surface area contributed by atoms with Crippen LogP contribution in [-0.4, -0.2) is 50.5 Å². The first-order chi connectivity index (χ1) is 20.5. The maximum atomic E-state index is 14.9. The first kappa shape index (κ1) is 34.2. The number of nitrogens with zero attached hydrogens (tertiary/aromatic N) is 3. The molecule has 238 valence electrons. The summed E-state index contributed by atoms with van der Waals surface area (Å²) in [6.07, 6.45) is 0.832. The number of benzene rings is 2. The van der Waals surface area contributed by atoms with Crippen molar-refractivity contribution in [1.29, 1.82) is 0 Å². The van der Waals surface area contributed by atoms with E-state index in [2.05, 4.69) is 5.32 Å². The molecule has 4 N–H and O–H groups in total. The SMILES string of the molecule is CC(=O)N(CCC(NC(=O)OC(C)(C)C)C(=O)NN)C(c1nc(-c2cc(F)ccc2F)cn1Cc1ccccc1)C(C)(C)C. The number of amides is 3. The molecule has 2 atom stereocenters. The largest absolute Gasteiger partial charge is 0.444 e. The molecule has 3 rings (SSSR count). The summed E-state index contributed by atoms with van der Waals surface area (Å²) < 4.78 is 36.2. The van der Waals surface area contributed by atoms with E-state index < -0.39 is 46.7 Å². The molecule has 10 nitrogen and oxygen atoms in total. The fraction of sp³-hybridized carbons (Fsp3) is 0.438. The highest BCUT2D eigenvalue weighted by Gasteiger charge is 2.38. The van der Waals surface area contributed by atoms with Gasteiger partial charge in [-0.3, -0.25) is 15.0 Å². The molecule has 0 aliphatic carbocycles. The molecular weight excluding hydrogens is 570 g/mol. The number of nitrogens with two attached hydrogens (primary N) is 1. The molecule has 12 heteroatoms. The number of aromatic nitrogens is 2. The molecule has 0 saturated heterocycles. The highest BCUT2D eigenvalue weighted by molar-refractivity contribution is 5.85. The summed E-state index contributed by atoms with van der Waals surface area (Å²) in [4.78, 5) is 44.7. The van der Waals surface area contributed by atoms with Crippen molar-refractivity contribution < 1.29 is 27.9 Å². The van der Waals surface area contributed by atoms with E-state index in [9.17, 15) is 23.2 Å². The second-order valence-electron chi connectivity index (χ2n) is 12.7. The Morgan fingerprint density at radius 3 is 2.27 bits per heavy atom. The van der Waals surface area contributed by atoms with Gasteiger partial charge >= 0.3 is 6.09 Å². The van der Waals surface area contributed by atoms with Crippen molar-refractivity contribution in [3.8, 4) is 11.3 Å². The first-order valence-electron chi connectivity index (χ1n) is 14.3. The van der Waals surface area contributed by atoms with Crippen LogP contribution in [0.4, 0.5) is 13.6 Å². The summed E-state index contributed by atoms with van der Waals surface area (Å²) in [5.41, 5.74) is 1.76. The molecule has 44 heavy (non-hydrogen) atoms. The summed E-state index contributed by atoms with van der Waals surface area (Å²) in [7, 11) is 0. The molecule has 3 amide bonds. The maximum Gasteiger partial charge on any atom is 0.408 e. The van der Waals surface area contributed by atoms with Crippen molar-refractivity contribution in [3.05, 3.63) is 77.8 Å². The van der Waals surface area contributed by atoms with Gasteiger partial charge in [0.1, 0.15) is 29.1 Å². The van der Waals surface area contributed by atoms with E-state index in [4.69, 9.17) is 15.6 Å². The quantitative estimate of drug-likeness (QED) is 0.166. The number of imidazole rings is 1. The van der Waals surface area contributed by atoms with Crippen LogP contribution in [0, 0.1) is 17.0 Å². The summed E-state index contributed by atoms with van der Waals surface area (Å²) in [6, 6.07) is 10.9. The van der Waals surface area contributed by atoms with E-state index in [1.54, 1.807) is 31.9 Å². The Morgan fingerprint density at radius 1 is 1.05 bits per heavy atom. The second kappa shape index (κ2) is 14.0. The minimum absolute atomic E-state index is 0.000782. The zero-order valence-electron chi connectivity index (χ0n) is 26.3. The molecule has 0 aliphatic heterocycles. The van der Waals surface area contributed by atoms with Gasteiger partial charge in [-0.25, -0.2) is 24.4 Å². The van der Waals surface area contributed by atoms with Crippen LogP contribution in [0.15, 0.2) is 54.7 Å². The van der Waals surface area contributed by atoms with E-state index in [-0.39, 0.29) is 30.1 Å². The number of hydrogen-bond acceptors (Lipinski definition) is 6. The molecular formula is C32H42F2N6O4. The van der Waals surface area contributed by atoms with E-state index in [0.717, 1.165) is 23.8 Å². The number of alkyl carbamates (subject to hydrolysis) is 1. The molecule has 0 bridgehead atoms. The van der Waals surface area contributed by atoms with Crippen LogP contribution in [-0.2, 0) is 20.9 Å². The Balaban J connectivity index is 2.07. The highest BCUT2D eigenvalue weighted by atomic mass is 19.1. The van der Waals surface area contributed by atoms with E-state index in [1.807, 2.05) is 61.1 Å². The Hall–Kier alpha value is -4.32. The molecule has 1 aromatic heterocycles. The number of hydrazine groups is 1. The predicted octanol–water partition coefficient (Wildman–Crippen LogP) is 5.09. The molecule has 0 aliphatic rings. The van der Waals surface area contributed by atoms with E-state index >= 15 is 0 Å². The standard InChI is InChI=1S/C32H42F2N6O4/c1-20(41)40(16-15-25(29(42)38-35)37-30(43)44-32(5,6)7)27(31(2,3)4)28-36-26(23-17-22(33)13-14-24(23)34)19-39(28)18-21-11-9-8-10-12-21/h8-14,17,19,25,27H,15-16,18,35H2,1-7H3,(H,37,43)(H,38,42). The second-order valence-corrected chi connectivity index (χ2v) is 12.7. The number of nitrogens with one attached hydrogen (secondary N) is 2. The van der Waals surface area contributed by atoms with Gasteiger partial charge in [0.15, 0.2) is 0 Å². The fourth-order valence-electron chi connectivity index (χ4n) is 4.93. The lowest BCUT2D eigenvalue weighted by molar-refractivity contribution is -0.135. The number of carbonyl (C=O) groups excluding carboxylic acids is 3. The van der Waals surface area contributed by atoms with Crippen molar-refractivity contribution in [1.82, 2.24) is 25.2 Å². The van der Waals surface area contributed by atoms with Crippen molar-refractivity contribution >= 4 is 17.9 Å². The number of ether oxygens (including phenoxy) is 1. The third-order valence-electron chi connectivity index (χ3n) is 6.80. The fourth-order valence-corrected chi connectivity index (χ4v) is 4.93. The van der Waals surface area contributed by atoms with Crippen LogP contribution in [0.5, 0.6) is 0 Å². The van der Waals surface area contributed by atoms with Crippen molar-refractivity contribution in [2.24, 2.45) is 11.3 Å². The summed E-state index contributed by atoms with van der Waals surface area (Å²) in [6.45, 7) is 12.6. The van der Waals surface area contributed by atoms with Gasteiger partial charge in [0.25, 0.3) is 5.91 Å². The molecule has 0 saturated carbocycles. The van der Waals surface area contributed by atoms with Gasteiger partial charge in [0, 0.05) is 31.8 Å². The number of halogens is 2. The van der Waals surface area contributed by atoms with Gasteiger partial charge < -0.3 is 19.5 Å². The average molecular weight is 613 g/mol. The Morgan fingerprint density at radius 2 is 1.70 bits per heavy atom. The van der Waals surface area contributed by atoms with Crippen molar-refractivity contribution in [2.75, 3.05) is 6.54 Å². The topological polar surface area (TPSA) is 132 Å². The Kier molecular flexibility index (Phi) is 10.9. The lowest BCUT2D eigenvalue weighted by Gasteiger charge is -2.40. The number of hydrogen-bond donors (Lipinski definition) is 3. The first-order valence-corrected chi connectivity index (χ1v) is 14.3. The van der Waals surface area contributed by atoms with Crippen LogP contribution < -0.4 is 16.6 Å². The average Bonchev–Trinajstić information content (AvgIpc) is 3.32. The molecule has 2 aromatic carbocycles. The maximum absolute atomic E-state index is 14.9. The monoisotopic (exact) mass is 612 g/mol. The van der Waals surface area contributed by atoms with Gasteiger partial charge in [-0.05, 0) is 56.4 Å². The summed E-state index contributed by atoms with van der Waals surface area (Å²) >= 11 is 0. The zero-order valence-corrected chi connectivity index (χ0v) is 26.3. The van der Waals surface area contributed by atoms with Crippen LogP contribution in [0.1, 0.15) is 72.3 Å². The Bertz CT molecular complexity index is 1460. The number of carbonyl (C=O) groups is 3. The Labute approximate surface area is 256 Å². The van der Waals surface area contributed by atoms with E-state index in [0.29, 0.717) is 12.4 Å². The third-order valence-corrected chi connectivity index (χ3v) is 6.80. The molecule has 3 aromatic rings. The van der Waals surface area contributed by atoms with Gasteiger partial charge in [-0.2, -0.15) is 0 Å². The van der Waals surface area contributed by atoms with Gasteiger partial charge in [-0.15, -0.1) is 0 Å². The van der Waals surface area contributed by atoms with Gasteiger partial charge in [0.05, 0.1) is 11.7 Å². The molecule has 0 spiro atoms. The lowest BCUT2D eigenvalue weighted by atomic mass is 9.84. The van der Waals surface area contributed by atoms with Crippen molar-refractivity contribution in [2.45, 2.75) is 79.1 Å². The number of rotatable bonds is 10. The molecule has 2 unspecified atom stereocenters. The smallest absolute Gasteiger partial charge is 0.408 e. The minimum atomic E-state index is -1.11. The minimum Gasteiger partial charge on any atom is -0.444 e. The third kappa shape index (κ3) is 9.09. The van der Waals surface area contributed by atoms with Crippen LogP contribution >= 0.6 is 0 Å². The summed E-state index contributed by atoms with van der Waals surface area (Å²) in [5.74, 6) is 3.60. The predicted molar refractivity (Wildman–Crippen MR) is 163 cm³/mol. The molecule has 0 fully saturated rings. The van der Waals surface area contributed by atoms with E-state index in [1.165, 1.54) is 6.92 Å². The molecule has 0 radical (unpaired) electrons. The highest BCUT2D eigenvalue weighted by Crippen LogP contribution is 2.39. The van der Waals surface area contributed by atoms with Crippen LogP contribution in [0.2, 0.25) is 0 Å². The van der Waals surface area contributed by atoms with Gasteiger partial charge in [-0.1, -0.05) is 51.1 Å². The van der Waals surface area contributed by atoms with Crippen LogP contribution in [0.25, 0.3) is 11.3 Å². The normalized spacial score (nSPS) is 13.1. The van der Waals surface area contributed by atoms with Crippen LogP contribution in [0.3, 0.4) is 0 Å². The lowest BCUT2D eigenvalue weighted by Crippen LogP contribution is -2.52. The van der Waals surface area contributed by atoms with Gasteiger partial charge in [0.2, 0.25) is 5.91 Å². The summed E-state index contributed by atoms with van der Waals surface area (Å²) in [5, 5.41) is 2.53. The van der Waals surface area contributed by atoms with Crippen molar-refractivity contribution in [3.63, 3.8) is 0 Å².